The Morgan fingerprint density at radius 3 is 2.02 bits per heavy atom. The molecule has 1 atom stereocenters. The minimum absolute atomic E-state index is 0.0805. The SMILES string of the molecule is CC[C@@H]1CN(c2c(C(=O)O)c(=O)n(C)c3ccc(C(=O)O)nc23)CCN1C(c1ccc(F)cc1)c1ccc(F)cc1. The zero-order valence-electron chi connectivity index (χ0n) is 22.4. The standard InChI is InChI=1S/C30H28F2N4O5/c1-3-21-16-35(27-24(30(40)41)28(37)34(2)23-13-12-22(29(38)39)33-25(23)27)14-15-36(21)26(17-4-8-19(31)9-5-17)18-6-10-20(32)11-7-18/h4-13,21,26H,3,14-16H2,1-2H3,(H,38,39)(H,40,41)/t21-/m1/s1. The van der Waals surface area contributed by atoms with Crippen molar-refractivity contribution >= 4 is 28.7 Å². The van der Waals surface area contributed by atoms with Gasteiger partial charge in [0.15, 0.2) is 5.56 Å². The van der Waals surface area contributed by atoms with Gasteiger partial charge >= 0.3 is 11.9 Å². The van der Waals surface area contributed by atoms with E-state index < -0.39 is 23.1 Å². The van der Waals surface area contributed by atoms with E-state index in [0.717, 1.165) is 15.7 Å². The number of carboxylic acid groups (broad SMARTS) is 2. The summed E-state index contributed by atoms with van der Waals surface area (Å²) in [5.41, 5.74) is 0.644. The van der Waals surface area contributed by atoms with Gasteiger partial charge < -0.3 is 19.7 Å². The van der Waals surface area contributed by atoms with Crippen LogP contribution in [-0.4, -0.2) is 62.3 Å². The van der Waals surface area contributed by atoms with E-state index in [-0.39, 0.29) is 47.2 Å². The third-order valence-corrected chi connectivity index (χ3v) is 7.67. The second kappa shape index (κ2) is 11.1. The van der Waals surface area contributed by atoms with Crippen molar-refractivity contribution in [1.29, 1.82) is 0 Å². The molecule has 2 aromatic carbocycles. The molecule has 1 aliphatic heterocycles. The second-order valence-corrected chi connectivity index (χ2v) is 10.0. The molecule has 0 aliphatic carbocycles. The summed E-state index contributed by atoms with van der Waals surface area (Å²) in [5.74, 6) is -3.47. The number of nitrogens with zero attached hydrogens (tertiary/aromatic N) is 4. The number of hydrogen-bond donors (Lipinski definition) is 2. The number of aryl methyl sites for hydroxylation is 1. The first-order valence-corrected chi connectivity index (χ1v) is 13.1. The molecule has 1 saturated heterocycles. The molecule has 41 heavy (non-hydrogen) atoms. The maximum Gasteiger partial charge on any atom is 0.354 e. The molecule has 4 aromatic rings. The summed E-state index contributed by atoms with van der Waals surface area (Å²) in [4.78, 5) is 45.6. The Morgan fingerprint density at radius 2 is 1.51 bits per heavy atom. The van der Waals surface area contributed by atoms with Gasteiger partial charge in [0.1, 0.15) is 22.8 Å². The van der Waals surface area contributed by atoms with Crippen molar-refractivity contribution < 1.29 is 28.6 Å². The number of hydrogen-bond acceptors (Lipinski definition) is 6. The van der Waals surface area contributed by atoms with Crippen molar-refractivity contribution in [3.05, 3.63) is 105 Å². The summed E-state index contributed by atoms with van der Waals surface area (Å²) in [7, 11) is 1.42. The number of fused-ring (bicyclic) bond motifs is 1. The minimum atomic E-state index is -1.43. The smallest absolute Gasteiger partial charge is 0.354 e. The third kappa shape index (κ3) is 5.16. The number of halogens is 2. The van der Waals surface area contributed by atoms with E-state index in [0.29, 0.717) is 25.0 Å². The number of carbonyl (C=O) groups is 2. The zero-order chi connectivity index (χ0) is 29.4. The lowest BCUT2D eigenvalue weighted by molar-refractivity contribution is 0.0683. The fourth-order valence-corrected chi connectivity index (χ4v) is 5.65. The summed E-state index contributed by atoms with van der Waals surface area (Å²) >= 11 is 0. The molecule has 1 aliphatic rings. The van der Waals surface area contributed by atoms with E-state index in [1.54, 1.807) is 29.2 Å². The topological polar surface area (TPSA) is 116 Å². The highest BCUT2D eigenvalue weighted by molar-refractivity contribution is 6.04. The van der Waals surface area contributed by atoms with Crippen LogP contribution >= 0.6 is 0 Å². The van der Waals surface area contributed by atoms with E-state index in [2.05, 4.69) is 9.88 Å². The zero-order valence-corrected chi connectivity index (χ0v) is 22.4. The van der Waals surface area contributed by atoms with Crippen LogP contribution in [0.25, 0.3) is 11.0 Å². The van der Waals surface area contributed by atoms with Crippen molar-refractivity contribution in [2.75, 3.05) is 24.5 Å². The Hall–Kier alpha value is -4.64. The molecule has 0 saturated carbocycles. The Bertz CT molecular complexity index is 1640. The molecule has 0 radical (unpaired) electrons. The molecular formula is C30H28F2N4O5. The van der Waals surface area contributed by atoms with Crippen molar-refractivity contribution in [3.63, 3.8) is 0 Å². The summed E-state index contributed by atoms with van der Waals surface area (Å²) in [6, 6.07) is 14.5. The van der Waals surface area contributed by atoms with E-state index in [1.807, 2.05) is 6.92 Å². The highest BCUT2D eigenvalue weighted by atomic mass is 19.1. The summed E-state index contributed by atoms with van der Waals surface area (Å²) in [6.07, 6.45) is 0.633. The van der Waals surface area contributed by atoms with Crippen molar-refractivity contribution in [1.82, 2.24) is 14.5 Å². The summed E-state index contributed by atoms with van der Waals surface area (Å²) < 4.78 is 28.8. The fraction of sp³-hybridized carbons (Fsp3) is 0.267. The predicted octanol–water partition coefficient (Wildman–Crippen LogP) is 4.30. The number of pyridine rings is 2. The average Bonchev–Trinajstić information content (AvgIpc) is 2.96. The number of aromatic nitrogens is 2. The van der Waals surface area contributed by atoms with Gasteiger partial charge in [-0.3, -0.25) is 9.69 Å². The van der Waals surface area contributed by atoms with Crippen molar-refractivity contribution in [2.24, 2.45) is 7.05 Å². The Morgan fingerprint density at radius 1 is 0.927 bits per heavy atom. The van der Waals surface area contributed by atoms with Crippen molar-refractivity contribution in [3.8, 4) is 0 Å². The fourth-order valence-electron chi connectivity index (χ4n) is 5.65. The molecule has 0 bridgehead atoms. The summed E-state index contributed by atoms with van der Waals surface area (Å²) in [6.45, 7) is 2.98. The number of carboxylic acids is 2. The van der Waals surface area contributed by atoms with E-state index >= 15 is 0 Å². The van der Waals surface area contributed by atoms with Gasteiger partial charge in [-0.05, 0) is 53.9 Å². The van der Waals surface area contributed by atoms with Gasteiger partial charge in [0.2, 0.25) is 0 Å². The van der Waals surface area contributed by atoms with Crippen LogP contribution in [0.15, 0.2) is 65.5 Å². The van der Waals surface area contributed by atoms with E-state index in [9.17, 15) is 33.4 Å². The third-order valence-electron chi connectivity index (χ3n) is 7.67. The Labute approximate surface area is 233 Å². The van der Waals surface area contributed by atoms with Gasteiger partial charge in [-0.2, -0.15) is 0 Å². The number of benzene rings is 2. The van der Waals surface area contributed by atoms with Gasteiger partial charge in [0.25, 0.3) is 5.56 Å². The number of aromatic carboxylic acids is 2. The number of anilines is 1. The van der Waals surface area contributed by atoms with Gasteiger partial charge in [0.05, 0.1) is 17.2 Å². The minimum Gasteiger partial charge on any atom is -0.477 e. The van der Waals surface area contributed by atoms with Crippen molar-refractivity contribution in [2.45, 2.75) is 25.4 Å². The molecule has 0 spiro atoms. The van der Waals surface area contributed by atoms with Crippen LogP contribution in [-0.2, 0) is 7.05 Å². The van der Waals surface area contributed by atoms with Crippen LogP contribution in [0.5, 0.6) is 0 Å². The first-order valence-electron chi connectivity index (χ1n) is 13.1. The lowest BCUT2D eigenvalue weighted by atomic mass is 9.93. The molecule has 9 nitrogen and oxygen atoms in total. The van der Waals surface area contributed by atoms with Gasteiger partial charge in [-0.25, -0.2) is 23.4 Å². The maximum atomic E-state index is 13.8. The molecule has 2 N–H and O–H groups in total. The Balaban J connectivity index is 1.62. The molecule has 2 aromatic heterocycles. The highest BCUT2D eigenvalue weighted by Crippen LogP contribution is 2.36. The van der Waals surface area contributed by atoms with Gasteiger partial charge in [0, 0.05) is 32.7 Å². The van der Waals surface area contributed by atoms with Gasteiger partial charge in [-0.1, -0.05) is 31.2 Å². The van der Waals surface area contributed by atoms with Crippen LogP contribution in [0.1, 0.15) is 51.4 Å². The van der Waals surface area contributed by atoms with E-state index in [1.165, 1.54) is 43.4 Å². The van der Waals surface area contributed by atoms with Crippen LogP contribution in [0, 0.1) is 11.6 Å². The molecule has 0 amide bonds. The largest absolute Gasteiger partial charge is 0.477 e. The molecule has 0 unspecified atom stereocenters. The summed E-state index contributed by atoms with van der Waals surface area (Å²) in [5, 5.41) is 19.6. The van der Waals surface area contributed by atoms with E-state index in [4.69, 9.17) is 0 Å². The Kier molecular flexibility index (Phi) is 7.55. The lowest BCUT2D eigenvalue weighted by Crippen LogP contribution is -2.55. The van der Waals surface area contributed by atoms with Gasteiger partial charge in [-0.15, -0.1) is 0 Å². The predicted molar refractivity (Wildman–Crippen MR) is 149 cm³/mol. The molecule has 5 rings (SSSR count). The monoisotopic (exact) mass is 562 g/mol. The normalized spacial score (nSPS) is 15.9. The van der Waals surface area contributed by atoms with Crippen LogP contribution in [0.2, 0.25) is 0 Å². The lowest BCUT2D eigenvalue weighted by Gasteiger charge is -2.46. The molecule has 212 valence electrons. The number of rotatable bonds is 7. The molecular weight excluding hydrogens is 534 g/mol. The molecule has 11 heteroatoms. The number of piperazine rings is 1. The highest BCUT2D eigenvalue weighted by Gasteiger charge is 2.36. The first-order chi connectivity index (χ1) is 19.6. The second-order valence-electron chi connectivity index (χ2n) is 10.0. The molecule has 1 fully saturated rings. The average molecular weight is 563 g/mol. The van der Waals surface area contributed by atoms with Crippen LogP contribution < -0.4 is 10.5 Å². The first kappa shape index (κ1) is 27.9. The maximum absolute atomic E-state index is 13.8. The van der Waals surface area contributed by atoms with Crippen LogP contribution in [0.3, 0.4) is 0 Å². The quantitative estimate of drug-likeness (QED) is 0.343. The molecule has 3 heterocycles. The van der Waals surface area contributed by atoms with Crippen LogP contribution in [0.4, 0.5) is 14.5 Å².